The van der Waals surface area contributed by atoms with E-state index < -0.39 is 10.0 Å². The molecule has 0 aliphatic carbocycles. The van der Waals surface area contributed by atoms with Gasteiger partial charge in [-0.1, -0.05) is 6.42 Å². The van der Waals surface area contributed by atoms with Crippen molar-refractivity contribution in [1.29, 1.82) is 0 Å². The van der Waals surface area contributed by atoms with Crippen molar-refractivity contribution >= 4 is 10.0 Å². The highest BCUT2D eigenvalue weighted by atomic mass is 32.2. The Morgan fingerprint density at radius 3 is 2.72 bits per heavy atom. The summed E-state index contributed by atoms with van der Waals surface area (Å²) in [6, 6.07) is 1.13. The molecule has 5 nitrogen and oxygen atoms in total. The first-order valence-electron chi connectivity index (χ1n) is 6.88. The van der Waals surface area contributed by atoms with E-state index in [0.29, 0.717) is 18.6 Å². The molecular weight excluding hydrogens is 250 g/mol. The molecule has 1 N–H and O–H groups in total. The largest absolute Gasteiger partial charge is 0.311 e. The van der Waals surface area contributed by atoms with Gasteiger partial charge in [0.2, 0.25) is 10.0 Å². The van der Waals surface area contributed by atoms with Gasteiger partial charge in [0.15, 0.2) is 0 Å². The van der Waals surface area contributed by atoms with Crippen LogP contribution >= 0.6 is 0 Å². The van der Waals surface area contributed by atoms with E-state index in [-0.39, 0.29) is 5.75 Å². The Hall–Kier alpha value is -0.170. The third-order valence-corrected chi connectivity index (χ3v) is 6.01. The standard InChI is InChI=1S/C12H25N3O2S/c1-14(2)18(16,17)10-7-13-11-6-9-15-8-4-3-5-12(11)15/h11-13H,3-10H2,1-2H3. The molecule has 106 valence electrons. The molecule has 2 saturated heterocycles. The molecule has 18 heavy (non-hydrogen) atoms. The fourth-order valence-corrected chi connectivity index (χ4v) is 3.78. The summed E-state index contributed by atoms with van der Waals surface area (Å²) in [6.07, 6.45) is 5.05. The summed E-state index contributed by atoms with van der Waals surface area (Å²) in [5.74, 6) is 0.198. The van der Waals surface area contributed by atoms with E-state index in [2.05, 4.69) is 10.2 Å². The summed E-state index contributed by atoms with van der Waals surface area (Å²) < 4.78 is 24.6. The molecule has 2 unspecified atom stereocenters. The molecule has 0 bridgehead atoms. The van der Waals surface area contributed by atoms with Crippen LogP contribution in [-0.2, 0) is 10.0 Å². The van der Waals surface area contributed by atoms with Crippen molar-refractivity contribution < 1.29 is 8.42 Å². The van der Waals surface area contributed by atoms with Gasteiger partial charge in [-0.2, -0.15) is 0 Å². The van der Waals surface area contributed by atoms with Gasteiger partial charge in [-0.25, -0.2) is 12.7 Å². The lowest BCUT2D eigenvalue weighted by molar-refractivity contribution is 0.181. The van der Waals surface area contributed by atoms with E-state index in [4.69, 9.17) is 0 Å². The van der Waals surface area contributed by atoms with Crippen molar-refractivity contribution in [2.75, 3.05) is 39.5 Å². The SMILES string of the molecule is CN(C)S(=O)(=O)CCNC1CCN2CCCCC12. The van der Waals surface area contributed by atoms with E-state index in [1.807, 2.05) is 0 Å². The van der Waals surface area contributed by atoms with Gasteiger partial charge in [0.25, 0.3) is 0 Å². The predicted octanol–water partition coefficient (Wildman–Crippen LogP) is 0.0942. The van der Waals surface area contributed by atoms with Crippen molar-refractivity contribution in [3.63, 3.8) is 0 Å². The van der Waals surface area contributed by atoms with Crippen LogP contribution < -0.4 is 5.32 Å². The maximum atomic E-state index is 11.7. The molecule has 0 spiro atoms. The minimum Gasteiger partial charge on any atom is -0.311 e. The number of nitrogens with one attached hydrogen (secondary N) is 1. The third kappa shape index (κ3) is 3.23. The summed E-state index contributed by atoms with van der Waals surface area (Å²) in [5.41, 5.74) is 0. The lowest BCUT2D eigenvalue weighted by Crippen LogP contribution is -2.46. The third-order valence-electron chi connectivity index (χ3n) is 4.18. The summed E-state index contributed by atoms with van der Waals surface area (Å²) in [4.78, 5) is 2.56. The fourth-order valence-electron chi connectivity index (χ4n) is 3.04. The van der Waals surface area contributed by atoms with Crippen LogP contribution in [0.1, 0.15) is 25.7 Å². The molecule has 0 radical (unpaired) electrons. The number of hydrogen-bond donors (Lipinski definition) is 1. The fraction of sp³-hybridized carbons (Fsp3) is 1.00. The van der Waals surface area contributed by atoms with E-state index in [9.17, 15) is 8.42 Å². The van der Waals surface area contributed by atoms with Crippen LogP contribution in [0, 0.1) is 0 Å². The Balaban J connectivity index is 1.77. The summed E-state index contributed by atoms with van der Waals surface area (Å²) in [6.45, 7) is 2.96. The highest BCUT2D eigenvalue weighted by molar-refractivity contribution is 7.89. The second kappa shape index (κ2) is 5.86. The average molecular weight is 275 g/mol. The lowest BCUT2D eigenvalue weighted by atomic mass is 9.99. The number of nitrogens with zero attached hydrogens (tertiary/aromatic N) is 2. The first kappa shape index (κ1) is 14.2. The zero-order valence-corrected chi connectivity index (χ0v) is 12.2. The molecule has 2 rings (SSSR count). The van der Waals surface area contributed by atoms with Gasteiger partial charge in [-0.15, -0.1) is 0 Å². The monoisotopic (exact) mass is 275 g/mol. The van der Waals surface area contributed by atoms with Crippen LogP contribution in [0.5, 0.6) is 0 Å². The quantitative estimate of drug-likeness (QED) is 0.773. The minimum atomic E-state index is -3.06. The van der Waals surface area contributed by atoms with Gasteiger partial charge >= 0.3 is 0 Å². The molecular formula is C12H25N3O2S. The average Bonchev–Trinajstić information content (AvgIpc) is 2.72. The van der Waals surface area contributed by atoms with Crippen molar-refractivity contribution in [3.8, 4) is 0 Å². The van der Waals surface area contributed by atoms with Gasteiger partial charge in [-0.05, 0) is 25.8 Å². The van der Waals surface area contributed by atoms with Crippen molar-refractivity contribution in [2.45, 2.75) is 37.8 Å². The van der Waals surface area contributed by atoms with Crippen molar-refractivity contribution in [1.82, 2.24) is 14.5 Å². The number of sulfonamides is 1. The smallest absolute Gasteiger partial charge is 0.214 e. The molecule has 2 atom stereocenters. The topological polar surface area (TPSA) is 52.7 Å². The van der Waals surface area contributed by atoms with E-state index in [1.165, 1.54) is 36.7 Å². The molecule has 2 fully saturated rings. The first-order chi connectivity index (χ1) is 8.50. The van der Waals surface area contributed by atoms with Crippen molar-refractivity contribution in [2.24, 2.45) is 0 Å². The number of hydrogen-bond acceptors (Lipinski definition) is 4. The zero-order chi connectivity index (χ0) is 13.2. The van der Waals surface area contributed by atoms with Gasteiger partial charge in [0.1, 0.15) is 0 Å². The number of rotatable bonds is 5. The Labute approximate surface area is 111 Å². The van der Waals surface area contributed by atoms with Gasteiger partial charge in [-0.3, -0.25) is 4.90 Å². The number of piperidine rings is 1. The summed E-state index contributed by atoms with van der Waals surface area (Å²) in [7, 11) is 0.120. The highest BCUT2D eigenvalue weighted by Gasteiger charge is 2.35. The second-order valence-electron chi connectivity index (χ2n) is 5.55. The first-order valence-corrected chi connectivity index (χ1v) is 8.49. The molecule has 0 amide bonds. The van der Waals surface area contributed by atoms with E-state index in [0.717, 1.165) is 6.42 Å². The number of fused-ring (bicyclic) bond motifs is 1. The molecule has 0 aromatic carbocycles. The van der Waals surface area contributed by atoms with Crippen LogP contribution in [0.2, 0.25) is 0 Å². The van der Waals surface area contributed by atoms with Crippen LogP contribution in [0.3, 0.4) is 0 Å². The Kier molecular flexibility index (Phi) is 4.64. The van der Waals surface area contributed by atoms with Gasteiger partial charge in [0.05, 0.1) is 5.75 Å². The molecule has 0 saturated carbocycles. The van der Waals surface area contributed by atoms with Crippen LogP contribution in [-0.4, -0.2) is 69.2 Å². The zero-order valence-electron chi connectivity index (χ0n) is 11.4. The molecule has 0 aromatic heterocycles. The molecule has 6 heteroatoms. The second-order valence-corrected chi connectivity index (χ2v) is 7.85. The maximum absolute atomic E-state index is 11.7. The predicted molar refractivity (Wildman–Crippen MR) is 73.1 cm³/mol. The Morgan fingerprint density at radius 1 is 1.22 bits per heavy atom. The highest BCUT2D eigenvalue weighted by Crippen LogP contribution is 2.26. The molecule has 2 heterocycles. The molecule has 2 aliphatic rings. The van der Waals surface area contributed by atoms with E-state index in [1.54, 1.807) is 14.1 Å². The summed E-state index contributed by atoms with van der Waals surface area (Å²) in [5, 5.41) is 3.44. The van der Waals surface area contributed by atoms with Gasteiger partial charge in [0, 0.05) is 39.3 Å². The minimum absolute atomic E-state index is 0.198. The van der Waals surface area contributed by atoms with Crippen LogP contribution in [0.4, 0.5) is 0 Å². The van der Waals surface area contributed by atoms with Crippen molar-refractivity contribution in [3.05, 3.63) is 0 Å². The molecule has 0 aromatic rings. The summed E-state index contributed by atoms with van der Waals surface area (Å²) >= 11 is 0. The van der Waals surface area contributed by atoms with Gasteiger partial charge < -0.3 is 5.32 Å². The van der Waals surface area contributed by atoms with Crippen LogP contribution in [0.25, 0.3) is 0 Å². The maximum Gasteiger partial charge on any atom is 0.214 e. The lowest BCUT2D eigenvalue weighted by Gasteiger charge is -2.32. The normalized spacial score (nSPS) is 29.7. The molecule has 2 aliphatic heterocycles. The van der Waals surface area contributed by atoms with E-state index >= 15 is 0 Å². The van der Waals surface area contributed by atoms with Crippen LogP contribution in [0.15, 0.2) is 0 Å². The Morgan fingerprint density at radius 2 is 2.00 bits per heavy atom. The Bertz CT molecular complexity index is 370.